The Balaban J connectivity index is 0. The first-order valence-corrected chi connectivity index (χ1v) is 3.02. The quantitative estimate of drug-likeness (QED) is 0.388. The Kier molecular flexibility index (Phi) is 6.47. The molecule has 0 aromatic carbocycles. The number of hydrogen-bond donors (Lipinski definition) is 0. The molecule has 5 heteroatoms. The second-order valence-corrected chi connectivity index (χ2v) is 2.48. The molecule has 0 aromatic heterocycles. The molecule has 0 amide bonds. The van der Waals surface area contributed by atoms with E-state index < -0.39 is 10.1 Å². The molecule has 0 saturated heterocycles. The van der Waals surface area contributed by atoms with Crippen LogP contribution in [0, 0.1) is 0 Å². The zero-order chi connectivity index (χ0) is 5.91. The van der Waals surface area contributed by atoms with Crippen molar-refractivity contribution in [2.75, 3.05) is 7.11 Å². The number of rotatable bonds is 2. The van der Waals surface area contributed by atoms with E-state index in [-0.39, 0.29) is 29.6 Å². The normalized spacial score (nSPS) is 9.62. The Morgan fingerprint density at radius 3 is 2.00 bits per heavy atom. The second kappa shape index (κ2) is 4.52. The molecule has 0 unspecified atom stereocenters. The van der Waals surface area contributed by atoms with Crippen LogP contribution in [0.25, 0.3) is 0 Å². The third-order valence-electron chi connectivity index (χ3n) is 0.436. The summed E-state index contributed by atoms with van der Waals surface area (Å²) in [6.45, 7) is 2.99. The summed E-state index contributed by atoms with van der Waals surface area (Å²) in [7, 11) is -2.31. The predicted octanol–water partition coefficient (Wildman–Crippen LogP) is -0.542. The first-order valence-electron chi connectivity index (χ1n) is 1.55. The second-order valence-electron chi connectivity index (χ2n) is 0.826. The third-order valence-corrected chi connectivity index (χ3v) is 1.31. The van der Waals surface area contributed by atoms with E-state index in [1.165, 1.54) is 0 Å². The van der Waals surface area contributed by atoms with Crippen molar-refractivity contribution in [3.8, 4) is 0 Å². The Morgan fingerprint density at radius 2 is 2.00 bits per heavy atom. The van der Waals surface area contributed by atoms with Gasteiger partial charge in [0, 0.05) is 0 Å². The average Bonchev–Trinajstić information content (AvgIpc) is 1.68. The van der Waals surface area contributed by atoms with Crippen molar-refractivity contribution in [2.45, 2.75) is 0 Å². The van der Waals surface area contributed by atoms with Crippen molar-refractivity contribution in [3.63, 3.8) is 0 Å². The molecule has 0 fully saturated rings. The number of hydrogen-bond acceptors (Lipinski definition) is 3. The molecule has 0 aromatic rings. The van der Waals surface area contributed by atoms with Gasteiger partial charge in [0.15, 0.2) is 0 Å². The summed E-state index contributed by atoms with van der Waals surface area (Å²) >= 11 is 0. The van der Waals surface area contributed by atoms with E-state index >= 15 is 0 Å². The van der Waals surface area contributed by atoms with Gasteiger partial charge in [-0.25, -0.2) is 0 Å². The Morgan fingerprint density at radius 1 is 1.62 bits per heavy atom. The van der Waals surface area contributed by atoms with E-state index in [4.69, 9.17) is 0 Å². The SMILES string of the molecule is C=CS(=O)(=O)OC.[NaH]. The Hall–Kier alpha value is 0.650. The van der Waals surface area contributed by atoms with Gasteiger partial charge >= 0.3 is 29.6 Å². The predicted molar refractivity (Wildman–Crippen MR) is 33.3 cm³/mol. The standard InChI is InChI=1S/C3H6O3S.Na.H/c1-3-7(4,5)6-2;;/h3H,1H2,2H3;;. The van der Waals surface area contributed by atoms with Crippen LogP contribution in [0.4, 0.5) is 0 Å². The molecule has 0 rings (SSSR count). The molecule has 0 aliphatic carbocycles. The fraction of sp³-hybridized carbons (Fsp3) is 0.333. The van der Waals surface area contributed by atoms with Crippen LogP contribution in [0.1, 0.15) is 0 Å². The van der Waals surface area contributed by atoms with Crippen molar-refractivity contribution in [3.05, 3.63) is 12.0 Å². The molecule has 44 valence electrons. The maximum absolute atomic E-state index is 10.0. The summed E-state index contributed by atoms with van der Waals surface area (Å²) in [5.41, 5.74) is 0. The van der Waals surface area contributed by atoms with E-state index in [9.17, 15) is 8.42 Å². The van der Waals surface area contributed by atoms with Crippen LogP contribution in [0.3, 0.4) is 0 Å². The van der Waals surface area contributed by atoms with Gasteiger partial charge in [-0.05, 0) is 0 Å². The molecule has 0 spiro atoms. The zero-order valence-corrected chi connectivity index (χ0v) is 4.73. The van der Waals surface area contributed by atoms with Gasteiger partial charge in [0.2, 0.25) is 0 Å². The first-order chi connectivity index (χ1) is 3.12. The average molecular weight is 146 g/mol. The minimum absolute atomic E-state index is 0. The molecule has 0 radical (unpaired) electrons. The molecule has 0 atom stereocenters. The zero-order valence-electron chi connectivity index (χ0n) is 3.92. The molecule has 3 nitrogen and oxygen atoms in total. The van der Waals surface area contributed by atoms with Gasteiger partial charge in [0.25, 0.3) is 10.1 Å². The molecule has 0 aliphatic heterocycles. The van der Waals surface area contributed by atoms with Crippen LogP contribution >= 0.6 is 0 Å². The molecular weight excluding hydrogens is 139 g/mol. The van der Waals surface area contributed by atoms with Gasteiger partial charge in [-0.2, -0.15) is 8.42 Å². The van der Waals surface area contributed by atoms with Gasteiger partial charge in [0.1, 0.15) is 0 Å². The first kappa shape index (κ1) is 11.4. The van der Waals surface area contributed by atoms with Crippen molar-refractivity contribution in [1.82, 2.24) is 0 Å². The van der Waals surface area contributed by atoms with E-state index in [2.05, 4.69) is 10.8 Å². The minimum atomic E-state index is -3.39. The molecule has 0 N–H and O–H groups in total. The maximum atomic E-state index is 10.0. The molecule has 0 saturated carbocycles. The van der Waals surface area contributed by atoms with E-state index in [1.54, 1.807) is 0 Å². The van der Waals surface area contributed by atoms with Crippen LogP contribution in [0.15, 0.2) is 12.0 Å². The van der Waals surface area contributed by atoms with E-state index in [0.717, 1.165) is 12.5 Å². The van der Waals surface area contributed by atoms with Gasteiger partial charge < -0.3 is 0 Å². The van der Waals surface area contributed by atoms with Crippen LogP contribution in [0.5, 0.6) is 0 Å². The monoisotopic (exact) mass is 146 g/mol. The van der Waals surface area contributed by atoms with E-state index in [0.29, 0.717) is 0 Å². The van der Waals surface area contributed by atoms with Crippen molar-refractivity contribution in [1.29, 1.82) is 0 Å². The molecule has 0 aliphatic rings. The fourth-order valence-electron chi connectivity index (χ4n) is 0.0680. The summed E-state index contributed by atoms with van der Waals surface area (Å²) in [5.74, 6) is 0. The Bertz CT molecular complexity index is 148. The molecule has 0 bridgehead atoms. The van der Waals surface area contributed by atoms with Crippen LogP contribution in [0.2, 0.25) is 0 Å². The molecule has 8 heavy (non-hydrogen) atoms. The van der Waals surface area contributed by atoms with Crippen LogP contribution in [-0.2, 0) is 14.3 Å². The molecular formula is C3H7NaO3S. The summed E-state index contributed by atoms with van der Waals surface area (Å²) < 4.78 is 24.0. The van der Waals surface area contributed by atoms with Crippen molar-refractivity contribution in [2.24, 2.45) is 0 Å². The Labute approximate surface area is 71.1 Å². The summed E-state index contributed by atoms with van der Waals surface area (Å²) in [5, 5.41) is 0.743. The fourth-order valence-corrected chi connectivity index (χ4v) is 0.204. The van der Waals surface area contributed by atoms with Gasteiger partial charge in [0.05, 0.1) is 12.5 Å². The molecule has 0 heterocycles. The summed E-state index contributed by atoms with van der Waals surface area (Å²) in [6.07, 6.45) is 0. The van der Waals surface area contributed by atoms with Gasteiger partial charge in [-0.1, -0.05) is 6.58 Å². The van der Waals surface area contributed by atoms with Crippen molar-refractivity contribution >= 4 is 39.7 Å². The van der Waals surface area contributed by atoms with Crippen molar-refractivity contribution < 1.29 is 12.6 Å². The third kappa shape index (κ3) is 4.80. The summed E-state index contributed by atoms with van der Waals surface area (Å²) in [6, 6.07) is 0. The van der Waals surface area contributed by atoms with Gasteiger partial charge in [-0.3, -0.25) is 4.18 Å². The topological polar surface area (TPSA) is 43.4 Å². The van der Waals surface area contributed by atoms with Crippen LogP contribution < -0.4 is 0 Å². The van der Waals surface area contributed by atoms with E-state index in [1.807, 2.05) is 0 Å². The van der Waals surface area contributed by atoms with Gasteiger partial charge in [-0.15, -0.1) is 0 Å². The van der Waals surface area contributed by atoms with Crippen LogP contribution in [-0.4, -0.2) is 45.1 Å². The summed E-state index contributed by atoms with van der Waals surface area (Å²) in [4.78, 5) is 0.